The fourth-order valence-corrected chi connectivity index (χ4v) is 3.98. The second-order valence-corrected chi connectivity index (χ2v) is 7.79. The van der Waals surface area contributed by atoms with E-state index in [1.54, 1.807) is 10.7 Å². The molecule has 6 aromatic rings. The van der Waals surface area contributed by atoms with Gasteiger partial charge in [-0.15, -0.1) is 10.2 Å². The average molecular weight is 442 g/mol. The summed E-state index contributed by atoms with van der Waals surface area (Å²) in [5.74, 6) is 0.409. The molecule has 162 valence electrons. The number of anilines is 1. The van der Waals surface area contributed by atoms with Gasteiger partial charge in [0.2, 0.25) is 5.82 Å². The lowest BCUT2D eigenvalue weighted by Crippen LogP contribution is -2.12. The Morgan fingerprint density at radius 1 is 0.765 bits per heavy atom. The highest BCUT2D eigenvalue weighted by Crippen LogP contribution is 2.24. The van der Waals surface area contributed by atoms with Crippen molar-refractivity contribution in [2.45, 2.75) is 0 Å². The molecule has 34 heavy (non-hydrogen) atoms. The number of nitrogens with zero attached hydrogens (tertiary/aromatic N) is 5. The van der Waals surface area contributed by atoms with E-state index in [1.165, 1.54) is 0 Å². The van der Waals surface area contributed by atoms with E-state index in [0.717, 1.165) is 22.0 Å². The third kappa shape index (κ3) is 3.55. The van der Waals surface area contributed by atoms with Crippen molar-refractivity contribution in [1.82, 2.24) is 24.8 Å². The highest BCUT2D eigenvalue weighted by atomic mass is 16.1. The molecule has 7 nitrogen and oxygen atoms in total. The van der Waals surface area contributed by atoms with Crippen molar-refractivity contribution in [1.29, 1.82) is 0 Å². The molecule has 0 fully saturated rings. The van der Waals surface area contributed by atoms with Crippen LogP contribution in [0.2, 0.25) is 0 Å². The second kappa shape index (κ2) is 8.22. The van der Waals surface area contributed by atoms with Crippen LogP contribution in [0.1, 0.15) is 10.4 Å². The Kier molecular flexibility index (Phi) is 4.77. The summed E-state index contributed by atoms with van der Waals surface area (Å²) in [5.41, 5.74) is 4.23. The maximum Gasteiger partial charge on any atom is 0.256 e. The Labute approximate surface area is 194 Å². The molecule has 1 amide bonds. The molecular formula is C27H18N6O. The van der Waals surface area contributed by atoms with Crippen LogP contribution < -0.4 is 5.32 Å². The van der Waals surface area contributed by atoms with Gasteiger partial charge >= 0.3 is 0 Å². The van der Waals surface area contributed by atoms with Crippen molar-refractivity contribution >= 4 is 28.0 Å². The Morgan fingerprint density at radius 2 is 1.62 bits per heavy atom. The number of nitrogens with one attached hydrogen (secondary N) is 1. The van der Waals surface area contributed by atoms with E-state index in [2.05, 4.69) is 20.5 Å². The van der Waals surface area contributed by atoms with Gasteiger partial charge in [-0.2, -0.15) is 9.61 Å². The van der Waals surface area contributed by atoms with Crippen molar-refractivity contribution in [3.8, 4) is 22.8 Å². The third-order valence-electron chi connectivity index (χ3n) is 5.61. The largest absolute Gasteiger partial charge is 0.322 e. The number of aromatic nitrogens is 5. The first-order valence-electron chi connectivity index (χ1n) is 10.8. The lowest BCUT2D eigenvalue weighted by atomic mass is 10.0. The normalized spacial score (nSPS) is 11.1. The SMILES string of the molecule is O=C(Nc1cccc(-c2ccc3nnc(-c4ccccn4)n3n2)c1)c1cccc2ccccc12. The van der Waals surface area contributed by atoms with Gasteiger partial charge < -0.3 is 5.32 Å². The Morgan fingerprint density at radius 3 is 2.53 bits per heavy atom. The van der Waals surface area contributed by atoms with E-state index >= 15 is 0 Å². The highest BCUT2D eigenvalue weighted by Gasteiger charge is 2.13. The van der Waals surface area contributed by atoms with E-state index < -0.39 is 0 Å². The quantitative estimate of drug-likeness (QED) is 0.403. The summed E-state index contributed by atoms with van der Waals surface area (Å²) in [6.07, 6.45) is 1.71. The predicted octanol–water partition coefficient (Wildman–Crippen LogP) is 5.26. The fourth-order valence-electron chi connectivity index (χ4n) is 3.98. The van der Waals surface area contributed by atoms with E-state index in [4.69, 9.17) is 5.10 Å². The molecule has 7 heteroatoms. The summed E-state index contributed by atoms with van der Waals surface area (Å²) >= 11 is 0. The molecule has 6 rings (SSSR count). The Balaban J connectivity index is 1.34. The Bertz CT molecular complexity index is 1650. The zero-order valence-corrected chi connectivity index (χ0v) is 18.0. The van der Waals surface area contributed by atoms with Gasteiger partial charge in [-0.25, -0.2) is 0 Å². The molecule has 1 N–H and O–H groups in total. The predicted molar refractivity (Wildman–Crippen MR) is 131 cm³/mol. The molecular weight excluding hydrogens is 424 g/mol. The van der Waals surface area contributed by atoms with Crippen LogP contribution in [0.4, 0.5) is 5.69 Å². The maximum atomic E-state index is 13.1. The Hall–Kier alpha value is -4.91. The molecule has 3 aromatic heterocycles. The number of fused-ring (bicyclic) bond motifs is 2. The van der Waals surface area contributed by atoms with Crippen molar-refractivity contribution < 1.29 is 4.79 Å². The molecule has 3 aromatic carbocycles. The maximum absolute atomic E-state index is 13.1. The molecule has 0 saturated carbocycles. The smallest absolute Gasteiger partial charge is 0.256 e. The van der Waals surface area contributed by atoms with Gasteiger partial charge in [0.1, 0.15) is 5.69 Å². The summed E-state index contributed by atoms with van der Waals surface area (Å²) < 4.78 is 1.68. The first-order chi connectivity index (χ1) is 16.8. The number of carbonyl (C=O) groups is 1. The van der Waals surface area contributed by atoms with Gasteiger partial charge in [-0.3, -0.25) is 9.78 Å². The number of benzene rings is 3. The van der Waals surface area contributed by atoms with Gasteiger partial charge in [0, 0.05) is 23.0 Å². The van der Waals surface area contributed by atoms with E-state index in [-0.39, 0.29) is 5.91 Å². The van der Waals surface area contributed by atoms with Gasteiger partial charge in [0.15, 0.2) is 5.65 Å². The zero-order chi connectivity index (χ0) is 22.9. The van der Waals surface area contributed by atoms with Crippen molar-refractivity contribution in [2.75, 3.05) is 5.32 Å². The van der Waals surface area contributed by atoms with Gasteiger partial charge in [0.25, 0.3) is 5.91 Å². The van der Waals surface area contributed by atoms with Crippen molar-refractivity contribution in [2.24, 2.45) is 0 Å². The highest BCUT2D eigenvalue weighted by molar-refractivity contribution is 6.13. The molecule has 0 aliphatic carbocycles. The van der Waals surface area contributed by atoms with Crippen LogP contribution in [-0.4, -0.2) is 30.7 Å². The minimum atomic E-state index is -0.159. The number of carbonyl (C=O) groups excluding carboxylic acids is 1. The number of pyridine rings is 1. The fraction of sp³-hybridized carbons (Fsp3) is 0. The van der Waals surface area contributed by atoms with E-state index in [1.807, 2.05) is 97.1 Å². The monoisotopic (exact) mass is 442 g/mol. The van der Waals surface area contributed by atoms with Crippen molar-refractivity contribution in [3.63, 3.8) is 0 Å². The summed E-state index contributed by atoms with van der Waals surface area (Å²) in [6.45, 7) is 0. The van der Waals surface area contributed by atoms with Gasteiger partial charge in [-0.1, -0.05) is 54.6 Å². The van der Waals surface area contributed by atoms with E-state index in [9.17, 15) is 4.79 Å². The first-order valence-corrected chi connectivity index (χ1v) is 10.8. The number of hydrogen-bond donors (Lipinski definition) is 1. The van der Waals surface area contributed by atoms with Gasteiger partial charge in [-0.05, 0) is 53.2 Å². The molecule has 0 radical (unpaired) electrons. The van der Waals surface area contributed by atoms with Gasteiger partial charge in [0.05, 0.1) is 5.69 Å². The second-order valence-electron chi connectivity index (χ2n) is 7.79. The molecule has 0 bridgehead atoms. The summed E-state index contributed by atoms with van der Waals surface area (Å²) in [7, 11) is 0. The van der Waals surface area contributed by atoms with Crippen LogP contribution in [0, 0.1) is 0 Å². The molecule has 0 unspecified atom stereocenters. The van der Waals surface area contributed by atoms with Crippen LogP contribution in [0.15, 0.2) is 103 Å². The lowest BCUT2D eigenvalue weighted by Gasteiger charge is -2.10. The van der Waals surface area contributed by atoms with E-state index in [0.29, 0.717) is 28.4 Å². The van der Waals surface area contributed by atoms with Crippen LogP contribution in [0.25, 0.3) is 39.2 Å². The lowest BCUT2D eigenvalue weighted by molar-refractivity contribution is 0.102. The van der Waals surface area contributed by atoms with Crippen LogP contribution in [0.5, 0.6) is 0 Å². The minimum absolute atomic E-state index is 0.159. The molecule has 0 saturated heterocycles. The molecule has 0 atom stereocenters. The molecule has 0 aliphatic rings. The molecule has 3 heterocycles. The zero-order valence-electron chi connectivity index (χ0n) is 18.0. The molecule has 0 aliphatic heterocycles. The van der Waals surface area contributed by atoms with Crippen LogP contribution in [-0.2, 0) is 0 Å². The first kappa shape index (κ1) is 19.8. The summed E-state index contributed by atoms with van der Waals surface area (Å²) in [5, 5.41) is 18.2. The number of hydrogen-bond acceptors (Lipinski definition) is 5. The summed E-state index contributed by atoms with van der Waals surface area (Å²) in [6, 6.07) is 30.6. The minimum Gasteiger partial charge on any atom is -0.322 e. The summed E-state index contributed by atoms with van der Waals surface area (Å²) in [4.78, 5) is 17.4. The topological polar surface area (TPSA) is 85.1 Å². The number of rotatable bonds is 4. The standard InChI is InChI=1S/C27H18N6O/c34-27(22-12-6-8-18-7-1-2-11-21(18)22)29-20-10-5-9-19(17-20)23-14-15-25-30-31-26(33(25)32-23)24-13-3-4-16-28-24/h1-17H,(H,29,34). The number of amides is 1. The van der Waals surface area contributed by atoms with Crippen LogP contribution >= 0.6 is 0 Å². The average Bonchev–Trinajstić information content (AvgIpc) is 3.32. The molecule has 0 spiro atoms. The third-order valence-corrected chi connectivity index (χ3v) is 5.61. The van der Waals surface area contributed by atoms with Crippen LogP contribution in [0.3, 0.4) is 0 Å². The van der Waals surface area contributed by atoms with Crippen molar-refractivity contribution in [3.05, 3.63) is 109 Å².